The summed E-state index contributed by atoms with van der Waals surface area (Å²) in [6.07, 6.45) is 4.32. The maximum absolute atomic E-state index is 6.04. The van der Waals surface area contributed by atoms with E-state index in [9.17, 15) is 0 Å². The van der Waals surface area contributed by atoms with E-state index in [1.165, 1.54) is 16.7 Å². The van der Waals surface area contributed by atoms with E-state index in [4.69, 9.17) is 21.1 Å². The van der Waals surface area contributed by atoms with Gasteiger partial charge in [0.15, 0.2) is 0 Å². The van der Waals surface area contributed by atoms with Crippen molar-refractivity contribution in [3.63, 3.8) is 0 Å². The Morgan fingerprint density at radius 2 is 1.74 bits per heavy atom. The lowest BCUT2D eigenvalue weighted by Crippen LogP contribution is -2.15. The number of hydrogen-bond acceptors (Lipinski definition) is 3. The first-order valence-corrected chi connectivity index (χ1v) is 9.45. The molecule has 3 nitrogen and oxygen atoms in total. The standard InChI is InChI=1S/C23H26ClNO2/c1-25(2)15-18-8-7-17(13-16-5-9-19(24)10-6-16)23(18)21-14-20(26-3)11-12-22(21)27-4/h5-6,9-14H,7-8,15H2,1-4H3. The first kappa shape index (κ1) is 19.5. The number of likely N-dealkylation sites (N-methyl/N-ethyl adjacent to an activating group) is 1. The van der Waals surface area contributed by atoms with Crippen molar-refractivity contribution in [2.75, 3.05) is 34.9 Å². The van der Waals surface area contributed by atoms with Crippen LogP contribution in [0.2, 0.25) is 5.02 Å². The van der Waals surface area contributed by atoms with Gasteiger partial charge in [-0.2, -0.15) is 0 Å². The molecule has 0 atom stereocenters. The molecule has 0 unspecified atom stereocenters. The molecule has 0 aliphatic heterocycles. The van der Waals surface area contributed by atoms with Crippen LogP contribution in [0.25, 0.3) is 11.6 Å². The molecule has 0 saturated heterocycles. The third-order valence-corrected chi connectivity index (χ3v) is 5.02. The smallest absolute Gasteiger partial charge is 0.126 e. The molecule has 0 saturated carbocycles. The third-order valence-electron chi connectivity index (χ3n) is 4.76. The summed E-state index contributed by atoms with van der Waals surface area (Å²) in [5, 5.41) is 0.752. The van der Waals surface area contributed by atoms with Crippen molar-refractivity contribution in [3.05, 3.63) is 69.8 Å². The highest BCUT2D eigenvalue weighted by molar-refractivity contribution is 6.30. The number of ether oxygens (including phenoxy) is 2. The van der Waals surface area contributed by atoms with E-state index >= 15 is 0 Å². The zero-order valence-corrected chi connectivity index (χ0v) is 17.1. The molecule has 0 spiro atoms. The lowest BCUT2D eigenvalue weighted by molar-refractivity contribution is 0.402. The highest BCUT2D eigenvalue weighted by atomic mass is 35.5. The van der Waals surface area contributed by atoms with Crippen LogP contribution in [0.4, 0.5) is 0 Å². The monoisotopic (exact) mass is 383 g/mol. The molecule has 1 aliphatic rings. The van der Waals surface area contributed by atoms with E-state index in [0.717, 1.165) is 47.0 Å². The minimum absolute atomic E-state index is 0.752. The van der Waals surface area contributed by atoms with E-state index in [2.05, 4.69) is 43.3 Å². The molecule has 0 amide bonds. The SMILES string of the molecule is COc1ccc(OC)c(C2=C(CN(C)C)CCC2=Cc2ccc(Cl)cc2)c1. The maximum Gasteiger partial charge on any atom is 0.126 e. The number of allylic oxidation sites excluding steroid dienone is 2. The van der Waals surface area contributed by atoms with Gasteiger partial charge in [-0.1, -0.05) is 29.8 Å². The summed E-state index contributed by atoms with van der Waals surface area (Å²) >= 11 is 6.04. The fourth-order valence-electron chi connectivity index (χ4n) is 3.58. The Bertz CT molecular complexity index is 866. The van der Waals surface area contributed by atoms with Crippen LogP contribution in [0, 0.1) is 0 Å². The van der Waals surface area contributed by atoms with E-state index < -0.39 is 0 Å². The van der Waals surface area contributed by atoms with Crippen LogP contribution >= 0.6 is 11.6 Å². The summed E-state index contributed by atoms with van der Waals surface area (Å²) < 4.78 is 11.2. The maximum atomic E-state index is 6.04. The summed E-state index contributed by atoms with van der Waals surface area (Å²) in [4.78, 5) is 2.22. The molecule has 2 aromatic carbocycles. The van der Waals surface area contributed by atoms with Gasteiger partial charge in [0.05, 0.1) is 14.2 Å². The zero-order valence-electron chi connectivity index (χ0n) is 16.4. The predicted octanol–water partition coefficient (Wildman–Crippen LogP) is 5.55. The normalized spacial score (nSPS) is 15.7. The minimum atomic E-state index is 0.752. The molecule has 0 bridgehead atoms. The average Bonchev–Trinajstić information content (AvgIpc) is 3.04. The van der Waals surface area contributed by atoms with E-state index in [-0.39, 0.29) is 0 Å². The Balaban J connectivity index is 2.13. The average molecular weight is 384 g/mol. The zero-order chi connectivity index (χ0) is 19.4. The Morgan fingerprint density at radius 3 is 2.37 bits per heavy atom. The second kappa shape index (κ2) is 8.64. The van der Waals surface area contributed by atoms with Gasteiger partial charge in [0, 0.05) is 17.1 Å². The number of hydrogen-bond donors (Lipinski definition) is 0. The topological polar surface area (TPSA) is 21.7 Å². The molecule has 142 valence electrons. The van der Waals surface area contributed by atoms with Crippen LogP contribution in [0.1, 0.15) is 24.0 Å². The molecule has 0 aromatic heterocycles. The molecule has 0 radical (unpaired) electrons. The summed E-state index contributed by atoms with van der Waals surface area (Å²) in [7, 11) is 7.62. The van der Waals surface area contributed by atoms with Gasteiger partial charge in [-0.3, -0.25) is 0 Å². The molecular formula is C23H26ClNO2. The van der Waals surface area contributed by atoms with E-state index in [1.807, 2.05) is 24.3 Å². The Morgan fingerprint density at radius 1 is 1.00 bits per heavy atom. The Labute approximate surface area is 166 Å². The van der Waals surface area contributed by atoms with Crippen molar-refractivity contribution in [3.8, 4) is 11.5 Å². The van der Waals surface area contributed by atoms with E-state index in [0.29, 0.717) is 0 Å². The quantitative estimate of drug-likeness (QED) is 0.652. The molecule has 0 N–H and O–H groups in total. The van der Waals surface area contributed by atoms with Crippen molar-refractivity contribution in [2.24, 2.45) is 0 Å². The fraction of sp³-hybridized carbons (Fsp3) is 0.304. The van der Waals surface area contributed by atoms with Crippen LogP contribution in [0.5, 0.6) is 11.5 Å². The van der Waals surface area contributed by atoms with Gasteiger partial charge in [0.2, 0.25) is 0 Å². The van der Waals surface area contributed by atoms with E-state index in [1.54, 1.807) is 14.2 Å². The van der Waals surface area contributed by atoms with Crippen LogP contribution in [0.3, 0.4) is 0 Å². The van der Waals surface area contributed by atoms with Crippen molar-refractivity contribution in [2.45, 2.75) is 12.8 Å². The van der Waals surface area contributed by atoms with Gasteiger partial charge >= 0.3 is 0 Å². The largest absolute Gasteiger partial charge is 0.497 e. The molecule has 0 heterocycles. The summed E-state index contributed by atoms with van der Waals surface area (Å²) in [6.45, 7) is 0.924. The van der Waals surface area contributed by atoms with Gasteiger partial charge in [0.1, 0.15) is 11.5 Å². The second-order valence-corrected chi connectivity index (χ2v) is 7.44. The molecule has 0 fully saturated rings. The van der Waals surface area contributed by atoms with Crippen LogP contribution in [0.15, 0.2) is 53.6 Å². The lowest BCUT2D eigenvalue weighted by atomic mass is 9.95. The van der Waals surface area contributed by atoms with Crippen LogP contribution in [-0.2, 0) is 0 Å². The van der Waals surface area contributed by atoms with Crippen molar-refractivity contribution >= 4 is 23.3 Å². The first-order chi connectivity index (χ1) is 13.0. The second-order valence-electron chi connectivity index (χ2n) is 7.00. The minimum Gasteiger partial charge on any atom is -0.497 e. The Hall–Kier alpha value is -2.23. The molecule has 4 heteroatoms. The van der Waals surface area contributed by atoms with Crippen molar-refractivity contribution < 1.29 is 9.47 Å². The highest BCUT2D eigenvalue weighted by Gasteiger charge is 2.24. The number of nitrogens with zero attached hydrogens (tertiary/aromatic N) is 1. The highest BCUT2D eigenvalue weighted by Crippen LogP contribution is 2.44. The van der Waals surface area contributed by atoms with Crippen molar-refractivity contribution in [1.29, 1.82) is 0 Å². The van der Waals surface area contributed by atoms with Crippen molar-refractivity contribution in [1.82, 2.24) is 4.90 Å². The van der Waals surface area contributed by atoms with Gasteiger partial charge in [-0.05, 0) is 79.6 Å². The molecule has 27 heavy (non-hydrogen) atoms. The number of halogens is 1. The first-order valence-electron chi connectivity index (χ1n) is 9.07. The summed E-state index contributed by atoms with van der Waals surface area (Å²) in [6, 6.07) is 14.0. The van der Waals surface area contributed by atoms with Gasteiger partial charge in [-0.25, -0.2) is 0 Å². The van der Waals surface area contributed by atoms with Gasteiger partial charge < -0.3 is 14.4 Å². The number of benzene rings is 2. The Kier molecular flexibility index (Phi) is 6.25. The molecule has 1 aliphatic carbocycles. The number of methoxy groups -OCH3 is 2. The summed E-state index contributed by atoms with van der Waals surface area (Å²) in [5.74, 6) is 1.70. The summed E-state index contributed by atoms with van der Waals surface area (Å²) in [5.41, 5.74) is 6.26. The lowest BCUT2D eigenvalue weighted by Gasteiger charge is -2.17. The van der Waals surface area contributed by atoms with Gasteiger partial charge in [0.25, 0.3) is 0 Å². The van der Waals surface area contributed by atoms with Crippen LogP contribution < -0.4 is 9.47 Å². The van der Waals surface area contributed by atoms with Gasteiger partial charge in [-0.15, -0.1) is 0 Å². The third kappa shape index (κ3) is 4.55. The van der Waals surface area contributed by atoms with Crippen LogP contribution in [-0.4, -0.2) is 39.8 Å². The molecular weight excluding hydrogens is 358 g/mol. The molecule has 2 aromatic rings. The molecule has 3 rings (SSSR count). The fourth-order valence-corrected chi connectivity index (χ4v) is 3.71. The number of rotatable bonds is 6. The predicted molar refractivity (Wildman–Crippen MR) is 114 cm³/mol.